The third kappa shape index (κ3) is 4.73. The minimum atomic E-state index is -0.00826. The molecule has 2 N–H and O–H groups in total. The van der Waals surface area contributed by atoms with Gasteiger partial charge in [-0.1, -0.05) is 6.92 Å². The molecular formula is C13H23N5O. The van der Waals surface area contributed by atoms with Gasteiger partial charge in [-0.05, 0) is 20.3 Å². The fourth-order valence-electron chi connectivity index (χ4n) is 1.68. The minimum Gasteiger partial charge on any atom is -0.355 e. The fourth-order valence-corrected chi connectivity index (χ4v) is 1.68. The molecule has 1 amide bonds. The summed E-state index contributed by atoms with van der Waals surface area (Å²) in [5.74, 6) is 1.37. The van der Waals surface area contributed by atoms with E-state index < -0.39 is 0 Å². The Morgan fingerprint density at radius 1 is 1.42 bits per heavy atom. The molecule has 19 heavy (non-hydrogen) atoms. The van der Waals surface area contributed by atoms with Gasteiger partial charge in [-0.15, -0.1) is 0 Å². The van der Waals surface area contributed by atoms with Crippen LogP contribution in [-0.4, -0.2) is 42.6 Å². The number of aryl methyl sites for hydroxylation is 1. The van der Waals surface area contributed by atoms with Crippen LogP contribution in [0.15, 0.2) is 6.20 Å². The van der Waals surface area contributed by atoms with E-state index in [1.165, 1.54) is 0 Å². The lowest BCUT2D eigenvalue weighted by Crippen LogP contribution is -2.35. The summed E-state index contributed by atoms with van der Waals surface area (Å²) in [6, 6.07) is 0. The van der Waals surface area contributed by atoms with E-state index in [0.29, 0.717) is 19.0 Å². The van der Waals surface area contributed by atoms with Crippen LogP contribution in [0, 0.1) is 6.92 Å². The van der Waals surface area contributed by atoms with Crippen molar-refractivity contribution in [3.63, 3.8) is 0 Å². The Hall–Kier alpha value is -1.85. The molecule has 0 spiro atoms. The number of nitrogens with one attached hydrogen (secondary N) is 2. The van der Waals surface area contributed by atoms with E-state index in [4.69, 9.17) is 0 Å². The van der Waals surface area contributed by atoms with E-state index in [1.54, 1.807) is 6.20 Å². The normalized spacial score (nSPS) is 10.1. The molecule has 6 nitrogen and oxygen atoms in total. The van der Waals surface area contributed by atoms with E-state index in [9.17, 15) is 4.79 Å². The number of anilines is 2. The van der Waals surface area contributed by atoms with E-state index >= 15 is 0 Å². The second kappa shape index (κ2) is 7.56. The van der Waals surface area contributed by atoms with Gasteiger partial charge in [-0.2, -0.15) is 4.98 Å². The van der Waals surface area contributed by atoms with Gasteiger partial charge < -0.3 is 15.5 Å². The zero-order chi connectivity index (χ0) is 14.3. The molecule has 0 aliphatic rings. The van der Waals surface area contributed by atoms with Gasteiger partial charge in [0.1, 0.15) is 5.82 Å². The van der Waals surface area contributed by atoms with Crippen LogP contribution in [0.1, 0.15) is 25.8 Å². The number of likely N-dealkylation sites (N-methyl/N-ethyl adjacent to an activating group) is 2. The van der Waals surface area contributed by atoms with Crippen molar-refractivity contribution in [1.29, 1.82) is 0 Å². The average Bonchev–Trinajstić information content (AvgIpc) is 2.37. The Kier molecular flexibility index (Phi) is 6.05. The Labute approximate surface area is 114 Å². The molecule has 0 unspecified atom stereocenters. The van der Waals surface area contributed by atoms with Gasteiger partial charge >= 0.3 is 0 Å². The lowest BCUT2D eigenvalue weighted by Gasteiger charge is -2.20. The highest BCUT2D eigenvalue weighted by molar-refractivity contribution is 5.81. The van der Waals surface area contributed by atoms with Gasteiger partial charge in [-0.3, -0.25) is 4.79 Å². The number of hydrogen-bond donors (Lipinski definition) is 2. The van der Waals surface area contributed by atoms with Crippen LogP contribution >= 0.6 is 0 Å². The molecule has 0 fully saturated rings. The van der Waals surface area contributed by atoms with Crippen LogP contribution in [0.4, 0.5) is 11.8 Å². The van der Waals surface area contributed by atoms with E-state index in [2.05, 4.69) is 27.5 Å². The van der Waals surface area contributed by atoms with Crippen molar-refractivity contribution in [1.82, 2.24) is 15.3 Å². The van der Waals surface area contributed by atoms with Crippen molar-refractivity contribution in [3.8, 4) is 0 Å². The molecule has 6 heteroatoms. The van der Waals surface area contributed by atoms with E-state index in [0.717, 1.165) is 24.3 Å². The highest BCUT2D eigenvalue weighted by atomic mass is 16.2. The number of rotatable bonds is 7. The third-order valence-electron chi connectivity index (χ3n) is 2.59. The Bertz CT molecular complexity index is 421. The number of amides is 1. The quantitative estimate of drug-likeness (QED) is 0.774. The minimum absolute atomic E-state index is 0.00826. The first-order valence-electron chi connectivity index (χ1n) is 6.63. The number of carbonyl (C=O) groups excluding carboxylic acids is 1. The third-order valence-corrected chi connectivity index (χ3v) is 2.59. The van der Waals surface area contributed by atoms with Gasteiger partial charge in [0.2, 0.25) is 11.9 Å². The summed E-state index contributed by atoms with van der Waals surface area (Å²) in [5.41, 5.74) is 0.953. The van der Waals surface area contributed by atoms with Crippen LogP contribution in [0.2, 0.25) is 0 Å². The molecule has 1 aromatic rings. The van der Waals surface area contributed by atoms with E-state index in [-0.39, 0.29) is 5.91 Å². The molecule has 106 valence electrons. The summed E-state index contributed by atoms with van der Waals surface area (Å²) < 4.78 is 0. The second-order valence-corrected chi connectivity index (χ2v) is 4.44. The number of carbonyl (C=O) groups is 1. The van der Waals surface area contributed by atoms with Crippen LogP contribution in [0.25, 0.3) is 0 Å². The van der Waals surface area contributed by atoms with Gasteiger partial charge in [0.05, 0.1) is 6.54 Å². The largest absolute Gasteiger partial charge is 0.355 e. The molecular weight excluding hydrogens is 242 g/mol. The first kappa shape index (κ1) is 15.2. The second-order valence-electron chi connectivity index (χ2n) is 4.44. The predicted molar refractivity (Wildman–Crippen MR) is 77.5 cm³/mol. The molecule has 0 radical (unpaired) electrons. The number of aromatic nitrogens is 2. The standard InChI is InChI=1S/C13H23N5O/c1-5-7-15-13-16-8-10(3)12(17-13)18(4)9-11(19)14-6-2/h8H,5-7,9H2,1-4H3,(H,14,19)(H,15,16,17). The summed E-state index contributed by atoms with van der Waals surface area (Å²) in [6.07, 6.45) is 2.79. The first-order valence-corrected chi connectivity index (χ1v) is 6.63. The maximum absolute atomic E-state index is 11.6. The van der Waals surface area contributed by atoms with Crippen LogP contribution < -0.4 is 15.5 Å². The summed E-state index contributed by atoms with van der Waals surface area (Å²) in [6.45, 7) is 7.69. The monoisotopic (exact) mass is 265 g/mol. The SMILES string of the molecule is CCCNc1ncc(C)c(N(C)CC(=O)NCC)n1. The molecule has 1 rings (SSSR count). The van der Waals surface area contributed by atoms with E-state index in [1.807, 2.05) is 25.8 Å². The predicted octanol–water partition coefficient (Wildman–Crippen LogP) is 1.18. The topological polar surface area (TPSA) is 70.2 Å². The molecule has 0 aliphatic heterocycles. The summed E-state index contributed by atoms with van der Waals surface area (Å²) in [7, 11) is 1.86. The van der Waals surface area contributed by atoms with Gasteiger partial charge in [-0.25, -0.2) is 4.98 Å². The molecule has 1 aromatic heterocycles. The average molecular weight is 265 g/mol. The molecule has 1 heterocycles. The lowest BCUT2D eigenvalue weighted by atomic mass is 10.3. The number of hydrogen-bond acceptors (Lipinski definition) is 5. The van der Waals surface area contributed by atoms with Crippen molar-refractivity contribution >= 4 is 17.7 Å². The van der Waals surface area contributed by atoms with Crippen molar-refractivity contribution in [2.45, 2.75) is 27.2 Å². The van der Waals surface area contributed by atoms with Crippen LogP contribution in [0.3, 0.4) is 0 Å². The molecule has 0 saturated carbocycles. The highest BCUT2D eigenvalue weighted by Gasteiger charge is 2.11. The molecule has 0 saturated heterocycles. The molecule has 0 bridgehead atoms. The van der Waals surface area contributed by atoms with Gasteiger partial charge in [0.25, 0.3) is 0 Å². The molecule has 0 aromatic carbocycles. The maximum Gasteiger partial charge on any atom is 0.239 e. The Balaban J connectivity index is 2.76. The van der Waals surface area contributed by atoms with Crippen molar-refractivity contribution in [2.24, 2.45) is 0 Å². The van der Waals surface area contributed by atoms with Crippen molar-refractivity contribution in [2.75, 3.05) is 36.9 Å². The lowest BCUT2D eigenvalue weighted by molar-refractivity contribution is -0.119. The zero-order valence-electron chi connectivity index (χ0n) is 12.2. The van der Waals surface area contributed by atoms with Gasteiger partial charge in [0, 0.05) is 31.9 Å². The highest BCUT2D eigenvalue weighted by Crippen LogP contribution is 2.16. The van der Waals surface area contributed by atoms with Crippen molar-refractivity contribution in [3.05, 3.63) is 11.8 Å². The maximum atomic E-state index is 11.6. The Morgan fingerprint density at radius 3 is 2.79 bits per heavy atom. The summed E-state index contributed by atoms with van der Waals surface area (Å²) in [4.78, 5) is 22.1. The number of nitrogens with zero attached hydrogens (tertiary/aromatic N) is 3. The van der Waals surface area contributed by atoms with Gasteiger partial charge in [0.15, 0.2) is 0 Å². The fraction of sp³-hybridized carbons (Fsp3) is 0.615. The first-order chi connectivity index (χ1) is 9.08. The smallest absolute Gasteiger partial charge is 0.239 e. The zero-order valence-corrected chi connectivity index (χ0v) is 12.2. The molecule has 0 aliphatic carbocycles. The van der Waals surface area contributed by atoms with Crippen LogP contribution in [-0.2, 0) is 4.79 Å². The molecule has 0 atom stereocenters. The van der Waals surface area contributed by atoms with Crippen molar-refractivity contribution < 1.29 is 4.79 Å². The van der Waals surface area contributed by atoms with Crippen LogP contribution in [0.5, 0.6) is 0 Å². The summed E-state index contributed by atoms with van der Waals surface area (Å²) in [5, 5.41) is 5.92. The Morgan fingerprint density at radius 2 is 2.16 bits per heavy atom. The summed E-state index contributed by atoms with van der Waals surface area (Å²) >= 11 is 0.